The van der Waals surface area contributed by atoms with E-state index in [4.69, 9.17) is 9.16 Å². The summed E-state index contributed by atoms with van der Waals surface area (Å²) in [6.07, 6.45) is 0. The maximum absolute atomic E-state index is 6.03. The van der Waals surface area contributed by atoms with Gasteiger partial charge in [-0.2, -0.15) is 0 Å². The molecular weight excluding hydrogens is 216 g/mol. The highest BCUT2D eigenvalue weighted by Gasteiger charge is 2.28. The van der Waals surface area contributed by atoms with Gasteiger partial charge in [-0.25, -0.2) is 0 Å². The molecule has 0 aliphatic rings. The van der Waals surface area contributed by atoms with Crippen molar-refractivity contribution in [2.45, 2.75) is 26.9 Å². The first-order chi connectivity index (χ1) is 7.47. The van der Waals surface area contributed by atoms with Gasteiger partial charge >= 0.3 is 0 Å². The summed E-state index contributed by atoms with van der Waals surface area (Å²) in [6.45, 7) is 8.33. The summed E-state index contributed by atoms with van der Waals surface area (Å²) in [5, 5.41) is 1.27. The van der Waals surface area contributed by atoms with Crippen molar-refractivity contribution in [1.82, 2.24) is 0 Å². The Balaban J connectivity index is 2.92. The third-order valence-corrected chi connectivity index (χ3v) is 4.83. The van der Waals surface area contributed by atoms with Crippen molar-refractivity contribution in [3.8, 4) is 0 Å². The average molecular weight is 236 g/mol. The lowest BCUT2D eigenvalue weighted by atomic mass is 10.4. The van der Waals surface area contributed by atoms with Crippen molar-refractivity contribution < 1.29 is 9.16 Å². The van der Waals surface area contributed by atoms with E-state index in [0.717, 1.165) is 5.57 Å². The molecule has 3 heteroatoms. The van der Waals surface area contributed by atoms with E-state index in [9.17, 15) is 0 Å². The van der Waals surface area contributed by atoms with E-state index < -0.39 is 8.32 Å². The van der Waals surface area contributed by atoms with Crippen molar-refractivity contribution in [3.05, 3.63) is 41.9 Å². The zero-order valence-corrected chi connectivity index (χ0v) is 11.7. The standard InChI is InChI=1S/C13H20O2Si/c1-11(2)13(14-3)15-16(4,5)12-9-7-6-8-10-12/h6-10H,1-5H3. The van der Waals surface area contributed by atoms with Crippen LogP contribution in [0.25, 0.3) is 0 Å². The van der Waals surface area contributed by atoms with Gasteiger partial charge in [-0.3, -0.25) is 0 Å². The Morgan fingerprint density at radius 2 is 1.62 bits per heavy atom. The summed E-state index contributed by atoms with van der Waals surface area (Å²) in [4.78, 5) is 0. The topological polar surface area (TPSA) is 18.5 Å². The number of hydrogen-bond donors (Lipinski definition) is 0. The predicted molar refractivity (Wildman–Crippen MR) is 70.0 cm³/mol. The molecule has 1 rings (SSSR count). The van der Waals surface area contributed by atoms with Gasteiger partial charge in [-0.05, 0) is 32.1 Å². The lowest BCUT2D eigenvalue weighted by Gasteiger charge is -2.26. The van der Waals surface area contributed by atoms with Gasteiger partial charge in [0.15, 0.2) is 0 Å². The summed E-state index contributed by atoms with van der Waals surface area (Å²) in [6, 6.07) is 10.3. The highest BCUT2D eigenvalue weighted by atomic mass is 28.4. The SMILES string of the molecule is COC(O[Si](C)(C)c1ccccc1)=C(C)C. The van der Waals surface area contributed by atoms with Gasteiger partial charge in [-0.15, -0.1) is 0 Å². The second-order valence-electron chi connectivity index (χ2n) is 4.47. The van der Waals surface area contributed by atoms with Crippen LogP contribution in [0, 0.1) is 0 Å². The molecule has 0 heterocycles. The van der Waals surface area contributed by atoms with E-state index >= 15 is 0 Å². The van der Waals surface area contributed by atoms with Crippen LogP contribution in [0.15, 0.2) is 41.9 Å². The second-order valence-corrected chi connectivity index (χ2v) is 8.27. The molecule has 0 N–H and O–H groups in total. The first-order valence-corrected chi connectivity index (χ1v) is 8.34. The van der Waals surface area contributed by atoms with Gasteiger partial charge in [0.2, 0.25) is 0 Å². The molecule has 1 aromatic carbocycles. The molecule has 0 radical (unpaired) electrons. The smallest absolute Gasteiger partial charge is 0.280 e. The molecule has 0 amide bonds. The Morgan fingerprint density at radius 3 is 2.06 bits per heavy atom. The molecule has 16 heavy (non-hydrogen) atoms. The Labute approximate surface area is 99.0 Å². The normalized spacial score (nSPS) is 10.8. The fourth-order valence-corrected chi connectivity index (χ4v) is 3.34. The maximum atomic E-state index is 6.03. The molecule has 0 spiro atoms. The average Bonchev–Trinajstić information content (AvgIpc) is 2.27. The van der Waals surface area contributed by atoms with Crippen LogP contribution in [0.3, 0.4) is 0 Å². The van der Waals surface area contributed by atoms with Crippen molar-refractivity contribution in [2.75, 3.05) is 7.11 Å². The van der Waals surface area contributed by atoms with Crippen LogP contribution in [0.5, 0.6) is 0 Å². The van der Waals surface area contributed by atoms with Crippen molar-refractivity contribution >= 4 is 13.5 Å². The zero-order chi connectivity index (χ0) is 12.2. The van der Waals surface area contributed by atoms with E-state index in [-0.39, 0.29) is 0 Å². The lowest BCUT2D eigenvalue weighted by Crippen LogP contribution is -2.44. The van der Waals surface area contributed by atoms with E-state index in [1.807, 2.05) is 32.0 Å². The summed E-state index contributed by atoms with van der Waals surface area (Å²) >= 11 is 0. The summed E-state index contributed by atoms with van der Waals surface area (Å²) in [5.41, 5.74) is 1.07. The van der Waals surface area contributed by atoms with Crippen LogP contribution in [0.4, 0.5) is 0 Å². The molecule has 0 unspecified atom stereocenters. The predicted octanol–water partition coefficient (Wildman–Crippen LogP) is 3.01. The third kappa shape index (κ3) is 3.13. The minimum absolute atomic E-state index is 0.653. The Bertz CT molecular complexity index is 365. The Morgan fingerprint density at radius 1 is 1.06 bits per heavy atom. The van der Waals surface area contributed by atoms with E-state index in [1.54, 1.807) is 7.11 Å². The zero-order valence-electron chi connectivity index (χ0n) is 10.7. The highest BCUT2D eigenvalue weighted by molar-refractivity contribution is 6.84. The highest BCUT2D eigenvalue weighted by Crippen LogP contribution is 2.14. The lowest BCUT2D eigenvalue weighted by molar-refractivity contribution is 0.143. The first kappa shape index (κ1) is 12.8. The number of rotatable bonds is 4. The van der Waals surface area contributed by atoms with Crippen molar-refractivity contribution in [3.63, 3.8) is 0 Å². The number of hydrogen-bond acceptors (Lipinski definition) is 2. The number of benzene rings is 1. The quantitative estimate of drug-likeness (QED) is 0.591. The van der Waals surface area contributed by atoms with Gasteiger partial charge < -0.3 is 9.16 Å². The monoisotopic (exact) mass is 236 g/mol. The molecular formula is C13H20O2Si. The van der Waals surface area contributed by atoms with Crippen LogP contribution in [0.2, 0.25) is 13.1 Å². The number of ether oxygens (including phenoxy) is 1. The minimum atomic E-state index is -1.91. The third-order valence-electron chi connectivity index (χ3n) is 2.41. The molecule has 0 fully saturated rings. The van der Waals surface area contributed by atoms with Crippen molar-refractivity contribution in [1.29, 1.82) is 0 Å². The molecule has 0 bridgehead atoms. The van der Waals surface area contributed by atoms with Crippen LogP contribution < -0.4 is 5.19 Å². The van der Waals surface area contributed by atoms with Gasteiger partial charge in [0.1, 0.15) is 0 Å². The molecule has 0 saturated carbocycles. The van der Waals surface area contributed by atoms with Crippen LogP contribution in [-0.2, 0) is 9.16 Å². The minimum Gasteiger partial charge on any atom is -0.515 e. The van der Waals surface area contributed by atoms with Crippen LogP contribution >= 0.6 is 0 Å². The molecule has 0 aliphatic heterocycles. The molecule has 1 aromatic rings. The maximum Gasteiger partial charge on any atom is 0.280 e. The molecule has 0 aliphatic carbocycles. The van der Waals surface area contributed by atoms with E-state index in [0.29, 0.717) is 5.95 Å². The molecule has 0 atom stereocenters. The van der Waals surface area contributed by atoms with Gasteiger partial charge in [0, 0.05) is 5.57 Å². The van der Waals surface area contributed by atoms with Gasteiger partial charge in [0.25, 0.3) is 14.3 Å². The van der Waals surface area contributed by atoms with Crippen LogP contribution in [-0.4, -0.2) is 15.4 Å². The molecule has 88 valence electrons. The summed E-state index contributed by atoms with van der Waals surface area (Å²) in [7, 11) is -0.259. The number of methoxy groups -OCH3 is 1. The van der Waals surface area contributed by atoms with Gasteiger partial charge in [-0.1, -0.05) is 30.3 Å². The Kier molecular flexibility index (Phi) is 4.18. The van der Waals surface area contributed by atoms with Gasteiger partial charge in [0.05, 0.1) is 7.11 Å². The number of allylic oxidation sites excluding steroid dienone is 1. The molecule has 2 nitrogen and oxygen atoms in total. The molecule has 0 saturated heterocycles. The first-order valence-electron chi connectivity index (χ1n) is 5.43. The second kappa shape index (κ2) is 5.21. The largest absolute Gasteiger partial charge is 0.515 e. The van der Waals surface area contributed by atoms with E-state index in [1.165, 1.54) is 5.19 Å². The van der Waals surface area contributed by atoms with Crippen molar-refractivity contribution in [2.24, 2.45) is 0 Å². The van der Waals surface area contributed by atoms with Crippen LogP contribution in [0.1, 0.15) is 13.8 Å². The Hall–Kier alpha value is -1.22. The fourth-order valence-electron chi connectivity index (χ4n) is 1.48. The summed E-state index contributed by atoms with van der Waals surface area (Å²) < 4.78 is 11.3. The molecule has 0 aromatic heterocycles. The van der Waals surface area contributed by atoms with E-state index in [2.05, 4.69) is 25.2 Å². The summed E-state index contributed by atoms with van der Waals surface area (Å²) in [5.74, 6) is 0.653. The fraction of sp³-hybridized carbons (Fsp3) is 0.385.